The molecule has 4 rings (SSSR count). The van der Waals surface area contributed by atoms with Crippen LogP contribution in [0.15, 0.2) is 0 Å². The molecular weight excluding hydrogens is 744 g/mol. The van der Waals surface area contributed by atoms with E-state index in [4.69, 9.17) is 56.8 Å². The van der Waals surface area contributed by atoms with Gasteiger partial charge in [-0.2, -0.15) is 0 Å². The SMILES string of the molecule is CCC1(COCCCCCCOC)COC1.CCC1(COCCCCCOC)COC1.CCC1(COCCCCOC)COC1.CCC1(COCCCOC)COC1. The number of hydrogen-bond acceptors (Lipinski definition) is 12. The molecule has 0 unspecified atom stereocenters. The Labute approximate surface area is 356 Å². The van der Waals surface area contributed by atoms with E-state index in [0.29, 0.717) is 21.7 Å². The Morgan fingerprint density at radius 3 is 0.741 bits per heavy atom. The van der Waals surface area contributed by atoms with Crippen molar-refractivity contribution in [1.29, 1.82) is 0 Å². The van der Waals surface area contributed by atoms with Crippen molar-refractivity contribution in [3.8, 4) is 0 Å². The third kappa shape index (κ3) is 24.8. The molecular formula is C46H92O12. The molecule has 4 aliphatic heterocycles. The smallest absolute Gasteiger partial charge is 0.0566 e. The average Bonchev–Trinajstić information content (AvgIpc) is 3.18. The predicted octanol–water partition coefficient (Wildman–Crippen LogP) is 8.21. The molecule has 0 saturated carbocycles. The van der Waals surface area contributed by atoms with Crippen LogP contribution in [0.2, 0.25) is 0 Å². The lowest BCUT2D eigenvalue weighted by molar-refractivity contribution is -0.150. The maximum atomic E-state index is 5.73. The quantitative estimate of drug-likeness (QED) is 0.0583. The minimum absolute atomic E-state index is 0.326. The van der Waals surface area contributed by atoms with Crippen LogP contribution >= 0.6 is 0 Å². The highest BCUT2D eigenvalue weighted by Crippen LogP contribution is 2.33. The summed E-state index contributed by atoms with van der Waals surface area (Å²) in [5.74, 6) is 0. The van der Waals surface area contributed by atoms with E-state index in [1.165, 1.54) is 38.5 Å². The summed E-state index contributed by atoms with van der Waals surface area (Å²) < 4.78 is 63.5. The van der Waals surface area contributed by atoms with Crippen molar-refractivity contribution in [2.45, 2.75) is 118 Å². The molecule has 0 aromatic rings. The molecule has 4 saturated heterocycles. The van der Waals surface area contributed by atoms with Crippen LogP contribution in [0.4, 0.5) is 0 Å². The lowest BCUT2D eigenvalue weighted by Gasteiger charge is -2.40. The molecule has 0 aromatic carbocycles. The first-order chi connectivity index (χ1) is 28.3. The third-order valence-corrected chi connectivity index (χ3v) is 11.9. The summed E-state index contributed by atoms with van der Waals surface area (Å²) in [7, 11) is 6.96. The van der Waals surface area contributed by atoms with Gasteiger partial charge in [0.25, 0.3) is 0 Å². The fourth-order valence-corrected chi connectivity index (χ4v) is 6.46. The van der Waals surface area contributed by atoms with Gasteiger partial charge in [0.1, 0.15) is 0 Å². The van der Waals surface area contributed by atoms with Gasteiger partial charge in [-0.15, -0.1) is 0 Å². The van der Waals surface area contributed by atoms with Gasteiger partial charge in [0, 0.05) is 103 Å². The molecule has 0 N–H and O–H groups in total. The summed E-state index contributed by atoms with van der Waals surface area (Å²) in [6.07, 6.45) is 16.1. The van der Waals surface area contributed by atoms with Crippen molar-refractivity contribution in [3.05, 3.63) is 0 Å². The van der Waals surface area contributed by atoms with Gasteiger partial charge in [0.05, 0.1) is 79.3 Å². The Balaban J connectivity index is 0.000000388. The second-order valence-electron chi connectivity index (χ2n) is 17.1. The number of hydrogen-bond donors (Lipinski definition) is 0. The summed E-state index contributed by atoms with van der Waals surface area (Å²) in [4.78, 5) is 0. The summed E-state index contributed by atoms with van der Waals surface area (Å²) in [5.41, 5.74) is 1.34. The lowest BCUT2D eigenvalue weighted by atomic mass is 9.84. The van der Waals surface area contributed by atoms with E-state index >= 15 is 0 Å². The van der Waals surface area contributed by atoms with Crippen LogP contribution in [0.3, 0.4) is 0 Å². The first-order valence-corrected chi connectivity index (χ1v) is 22.9. The molecule has 58 heavy (non-hydrogen) atoms. The van der Waals surface area contributed by atoms with Crippen LogP contribution in [-0.2, 0) is 56.8 Å². The van der Waals surface area contributed by atoms with Crippen molar-refractivity contribution in [2.75, 3.05) is 161 Å². The summed E-state index contributed by atoms with van der Waals surface area (Å²) >= 11 is 0. The predicted molar refractivity (Wildman–Crippen MR) is 231 cm³/mol. The van der Waals surface area contributed by atoms with Crippen molar-refractivity contribution in [2.24, 2.45) is 21.7 Å². The Hall–Kier alpha value is -0.480. The van der Waals surface area contributed by atoms with E-state index in [-0.39, 0.29) is 0 Å². The Morgan fingerprint density at radius 1 is 0.293 bits per heavy atom. The molecule has 0 bridgehead atoms. The molecule has 0 aromatic heterocycles. The molecule has 0 aliphatic carbocycles. The first kappa shape index (κ1) is 55.5. The van der Waals surface area contributed by atoms with Crippen LogP contribution in [0.1, 0.15) is 118 Å². The second kappa shape index (κ2) is 36.0. The fraction of sp³-hybridized carbons (Fsp3) is 1.00. The Bertz CT molecular complexity index is 855. The average molecular weight is 837 g/mol. The van der Waals surface area contributed by atoms with Crippen molar-refractivity contribution in [1.82, 2.24) is 0 Å². The maximum absolute atomic E-state index is 5.73. The van der Waals surface area contributed by atoms with Gasteiger partial charge in [-0.3, -0.25) is 0 Å². The van der Waals surface area contributed by atoms with Crippen molar-refractivity contribution >= 4 is 0 Å². The standard InChI is InChI=1S/C13H26O3.C12H24O3.C11H22O3.C10H20O3/c1-3-13(11-16-12-13)10-15-9-7-5-4-6-8-14-2;1-3-12(10-15-11-12)9-14-8-6-4-5-7-13-2;1-3-11(9-14-10-11)8-13-7-5-4-6-12-2;1-3-10(8-13-9-10)7-12-6-4-5-11-2/h3-12H2,1-2H3;3-11H2,1-2H3;3-10H2,1-2H3;3-9H2,1-2H3. The van der Waals surface area contributed by atoms with Crippen LogP contribution in [0, 0.1) is 21.7 Å². The topological polar surface area (TPSA) is 111 Å². The van der Waals surface area contributed by atoms with Gasteiger partial charge < -0.3 is 56.8 Å². The summed E-state index contributed by atoms with van der Waals surface area (Å²) in [6.45, 7) is 26.1. The molecule has 4 heterocycles. The van der Waals surface area contributed by atoms with E-state index in [2.05, 4.69) is 27.7 Å². The molecule has 12 nitrogen and oxygen atoms in total. The molecule has 4 fully saturated rings. The van der Waals surface area contributed by atoms with Crippen LogP contribution in [0.5, 0.6) is 0 Å². The van der Waals surface area contributed by atoms with Gasteiger partial charge in [0.2, 0.25) is 0 Å². The minimum atomic E-state index is 0.326. The number of ether oxygens (including phenoxy) is 12. The summed E-state index contributed by atoms with van der Waals surface area (Å²) in [6, 6.07) is 0. The van der Waals surface area contributed by atoms with Gasteiger partial charge in [-0.05, 0) is 77.0 Å². The monoisotopic (exact) mass is 837 g/mol. The maximum Gasteiger partial charge on any atom is 0.0566 e. The van der Waals surface area contributed by atoms with Crippen LogP contribution < -0.4 is 0 Å². The zero-order valence-electron chi connectivity index (χ0n) is 38.9. The number of rotatable bonds is 34. The van der Waals surface area contributed by atoms with Gasteiger partial charge in [0.15, 0.2) is 0 Å². The Kier molecular flexibility index (Phi) is 34.5. The fourth-order valence-electron chi connectivity index (χ4n) is 6.46. The van der Waals surface area contributed by atoms with E-state index in [0.717, 1.165) is 184 Å². The number of methoxy groups -OCH3 is 4. The van der Waals surface area contributed by atoms with Gasteiger partial charge >= 0.3 is 0 Å². The molecule has 4 aliphatic rings. The van der Waals surface area contributed by atoms with Crippen molar-refractivity contribution < 1.29 is 56.8 Å². The molecule has 0 amide bonds. The van der Waals surface area contributed by atoms with E-state index in [9.17, 15) is 0 Å². The zero-order valence-corrected chi connectivity index (χ0v) is 38.9. The third-order valence-electron chi connectivity index (χ3n) is 11.9. The first-order valence-electron chi connectivity index (χ1n) is 22.9. The van der Waals surface area contributed by atoms with Gasteiger partial charge in [-0.25, -0.2) is 0 Å². The largest absolute Gasteiger partial charge is 0.385 e. The van der Waals surface area contributed by atoms with Crippen LogP contribution in [-0.4, -0.2) is 161 Å². The zero-order chi connectivity index (χ0) is 42.5. The molecule has 12 heteroatoms. The minimum Gasteiger partial charge on any atom is -0.385 e. The highest BCUT2D eigenvalue weighted by molar-refractivity contribution is 4.86. The number of unbranched alkanes of at least 4 members (excludes halogenated alkanes) is 6. The summed E-state index contributed by atoms with van der Waals surface area (Å²) in [5, 5.41) is 0. The second-order valence-corrected chi connectivity index (χ2v) is 17.1. The van der Waals surface area contributed by atoms with Gasteiger partial charge in [-0.1, -0.05) is 40.5 Å². The van der Waals surface area contributed by atoms with Crippen molar-refractivity contribution in [3.63, 3.8) is 0 Å². The molecule has 348 valence electrons. The Morgan fingerprint density at radius 2 is 0.500 bits per heavy atom. The van der Waals surface area contributed by atoms with E-state index < -0.39 is 0 Å². The molecule has 0 atom stereocenters. The highest BCUT2D eigenvalue weighted by atomic mass is 16.5. The lowest BCUT2D eigenvalue weighted by Crippen LogP contribution is -2.45. The highest BCUT2D eigenvalue weighted by Gasteiger charge is 2.39. The molecule has 0 spiro atoms. The molecule has 0 radical (unpaired) electrons. The van der Waals surface area contributed by atoms with E-state index in [1.807, 2.05) is 0 Å². The van der Waals surface area contributed by atoms with E-state index in [1.54, 1.807) is 28.4 Å². The normalized spacial score (nSPS) is 19.0. The van der Waals surface area contributed by atoms with Crippen LogP contribution in [0.25, 0.3) is 0 Å².